The molecule has 1 saturated carbocycles. The van der Waals surface area contributed by atoms with Crippen LogP contribution in [0.3, 0.4) is 0 Å². The molecule has 2 heterocycles. The number of hydrogen-bond donors (Lipinski definition) is 2. The van der Waals surface area contributed by atoms with Crippen LogP contribution in [0.15, 0.2) is 35.3 Å². The van der Waals surface area contributed by atoms with E-state index in [4.69, 9.17) is 10.6 Å². The lowest BCUT2D eigenvalue weighted by molar-refractivity contribution is 0.431. The summed E-state index contributed by atoms with van der Waals surface area (Å²) in [4.78, 5) is 21.0. The van der Waals surface area contributed by atoms with Gasteiger partial charge in [-0.2, -0.15) is 4.98 Å². The Morgan fingerprint density at radius 1 is 1.19 bits per heavy atom. The van der Waals surface area contributed by atoms with Crippen molar-refractivity contribution < 1.29 is 13.5 Å². The summed E-state index contributed by atoms with van der Waals surface area (Å²) in [7, 11) is 0. The van der Waals surface area contributed by atoms with Crippen LogP contribution in [0.4, 0.5) is 14.7 Å². The Morgan fingerprint density at radius 3 is 2.70 bits per heavy atom. The highest BCUT2D eigenvalue weighted by Crippen LogP contribution is 2.25. The summed E-state index contributed by atoms with van der Waals surface area (Å²) in [6, 6.07) is 4.49. The van der Waals surface area contributed by atoms with Crippen LogP contribution < -0.4 is 21.5 Å². The topological polar surface area (TPSA) is 95.1 Å². The number of aromatic nitrogens is 3. The van der Waals surface area contributed by atoms with Gasteiger partial charge in [0.25, 0.3) is 0 Å². The Morgan fingerprint density at radius 2 is 1.96 bits per heavy atom. The number of nitrogens with one attached hydrogen (secondary N) is 1. The summed E-state index contributed by atoms with van der Waals surface area (Å²) < 4.78 is 32.9. The summed E-state index contributed by atoms with van der Waals surface area (Å²) in [5.41, 5.74) is -0.473. The lowest BCUT2D eigenvalue weighted by atomic mass is 10.2. The lowest BCUT2D eigenvalue weighted by Gasteiger charge is -2.13. The van der Waals surface area contributed by atoms with Crippen LogP contribution in [0, 0.1) is 11.6 Å². The Kier molecular flexibility index (Phi) is 4.35. The summed E-state index contributed by atoms with van der Waals surface area (Å²) in [6.45, 7) is 0. The van der Waals surface area contributed by atoms with Crippen LogP contribution in [-0.4, -0.2) is 20.7 Å². The van der Waals surface area contributed by atoms with E-state index >= 15 is 0 Å². The normalized spacial score (nSPS) is 14.6. The van der Waals surface area contributed by atoms with E-state index < -0.39 is 17.2 Å². The minimum Gasteiger partial charge on any atom is -0.448 e. The van der Waals surface area contributed by atoms with Crippen molar-refractivity contribution in [2.24, 2.45) is 0 Å². The minimum absolute atomic E-state index is 0.212. The predicted molar refractivity (Wildman–Crippen MR) is 96.3 cm³/mol. The van der Waals surface area contributed by atoms with E-state index in [9.17, 15) is 13.6 Å². The third kappa shape index (κ3) is 3.40. The highest BCUT2D eigenvalue weighted by molar-refractivity contribution is 5.77. The molecule has 4 rings (SSSR count). The SMILES string of the molecule is Nn1c(=O)c(Oc2ccc(F)cc2F)cc2cnc(NC3CCCC3)nc21. The lowest BCUT2D eigenvalue weighted by Crippen LogP contribution is -2.29. The fraction of sp³-hybridized carbons (Fsp3) is 0.278. The first-order chi connectivity index (χ1) is 13.0. The first-order valence-electron chi connectivity index (χ1n) is 8.58. The number of fused-ring (bicyclic) bond motifs is 1. The van der Waals surface area contributed by atoms with Crippen molar-refractivity contribution in [2.75, 3.05) is 11.2 Å². The fourth-order valence-electron chi connectivity index (χ4n) is 3.17. The number of nitrogen functional groups attached to an aromatic ring is 1. The maximum atomic E-state index is 13.8. The molecule has 3 aromatic rings. The van der Waals surface area contributed by atoms with E-state index in [1.54, 1.807) is 0 Å². The average molecular weight is 373 g/mol. The van der Waals surface area contributed by atoms with E-state index in [0.717, 1.165) is 42.5 Å². The van der Waals surface area contributed by atoms with Crippen LogP contribution >= 0.6 is 0 Å². The van der Waals surface area contributed by atoms with E-state index in [2.05, 4.69) is 15.3 Å². The minimum atomic E-state index is -0.926. The monoisotopic (exact) mass is 373 g/mol. The predicted octanol–water partition coefficient (Wildman–Crippen LogP) is 2.93. The molecule has 0 bridgehead atoms. The van der Waals surface area contributed by atoms with Gasteiger partial charge < -0.3 is 15.9 Å². The number of ether oxygens (including phenoxy) is 1. The largest absolute Gasteiger partial charge is 0.448 e. The summed E-state index contributed by atoms with van der Waals surface area (Å²) in [6.07, 6.45) is 5.93. The molecule has 2 aromatic heterocycles. The molecule has 7 nitrogen and oxygen atoms in total. The molecule has 1 fully saturated rings. The Hall–Kier alpha value is -3.23. The van der Waals surface area contributed by atoms with Crippen LogP contribution in [-0.2, 0) is 0 Å². The molecule has 0 radical (unpaired) electrons. The summed E-state index contributed by atoms with van der Waals surface area (Å²) >= 11 is 0. The molecule has 1 aromatic carbocycles. The average Bonchev–Trinajstić information content (AvgIpc) is 3.15. The molecule has 3 N–H and O–H groups in total. The quantitative estimate of drug-likeness (QED) is 0.683. The van der Waals surface area contributed by atoms with Crippen molar-refractivity contribution in [2.45, 2.75) is 31.7 Å². The Labute approximate surface area is 152 Å². The molecule has 0 saturated heterocycles. The van der Waals surface area contributed by atoms with Crippen molar-refractivity contribution in [3.63, 3.8) is 0 Å². The summed E-state index contributed by atoms with van der Waals surface area (Å²) in [5, 5.41) is 3.69. The molecular weight excluding hydrogens is 356 g/mol. The van der Waals surface area contributed by atoms with Crippen LogP contribution in [0.1, 0.15) is 25.7 Å². The zero-order valence-corrected chi connectivity index (χ0v) is 14.3. The molecule has 0 spiro atoms. The third-order valence-electron chi connectivity index (χ3n) is 4.54. The number of hydrogen-bond acceptors (Lipinski definition) is 6. The number of pyridine rings is 1. The molecule has 140 valence electrons. The van der Waals surface area contributed by atoms with Gasteiger partial charge in [0.15, 0.2) is 23.0 Å². The van der Waals surface area contributed by atoms with Crippen molar-refractivity contribution in [1.29, 1.82) is 0 Å². The molecular formula is C18H17F2N5O2. The Bertz CT molecular complexity index is 1060. The number of benzene rings is 1. The van der Waals surface area contributed by atoms with Crippen molar-refractivity contribution in [3.8, 4) is 11.5 Å². The molecule has 0 atom stereocenters. The van der Waals surface area contributed by atoms with Crippen molar-refractivity contribution >= 4 is 17.0 Å². The maximum absolute atomic E-state index is 13.8. The number of halogens is 2. The molecule has 0 unspecified atom stereocenters. The van der Waals surface area contributed by atoms with E-state index in [0.29, 0.717) is 23.4 Å². The van der Waals surface area contributed by atoms with Gasteiger partial charge in [-0.1, -0.05) is 12.8 Å². The second kappa shape index (κ2) is 6.82. The van der Waals surface area contributed by atoms with Gasteiger partial charge in [0.05, 0.1) is 0 Å². The number of nitrogens with two attached hydrogens (primary N) is 1. The molecule has 9 heteroatoms. The third-order valence-corrected chi connectivity index (χ3v) is 4.54. The zero-order chi connectivity index (χ0) is 19.0. The zero-order valence-electron chi connectivity index (χ0n) is 14.3. The van der Waals surface area contributed by atoms with Gasteiger partial charge in [0.2, 0.25) is 5.95 Å². The van der Waals surface area contributed by atoms with Gasteiger partial charge in [-0.05, 0) is 31.0 Å². The van der Waals surface area contributed by atoms with Crippen LogP contribution in [0.25, 0.3) is 11.0 Å². The first-order valence-corrected chi connectivity index (χ1v) is 8.58. The molecule has 0 amide bonds. The van der Waals surface area contributed by atoms with E-state index in [-0.39, 0.29) is 17.1 Å². The van der Waals surface area contributed by atoms with Gasteiger partial charge in [-0.25, -0.2) is 18.4 Å². The number of anilines is 1. The first kappa shape index (κ1) is 17.2. The molecule has 1 aliphatic rings. The molecule has 0 aliphatic heterocycles. The standard InChI is InChI=1S/C18H17F2N5O2/c19-11-5-6-14(13(20)8-11)27-15-7-10-9-22-18(23-12-3-1-2-4-12)24-16(10)25(21)17(15)26/h5-9,12H,1-4,21H2,(H,22,23,24). The highest BCUT2D eigenvalue weighted by Gasteiger charge is 2.17. The van der Waals surface area contributed by atoms with Crippen molar-refractivity contribution in [3.05, 3.63) is 52.5 Å². The molecule has 1 aliphatic carbocycles. The van der Waals surface area contributed by atoms with Crippen molar-refractivity contribution in [1.82, 2.24) is 14.6 Å². The number of rotatable bonds is 4. The Balaban J connectivity index is 1.69. The van der Waals surface area contributed by atoms with Gasteiger partial charge in [-0.3, -0.25) is 4.79 Å². The van der Waals surface area contributed by atoms with Crippen LogP contribution in [0.5, 0.6) is 11.5 Å². The van der Waals surface area contributed by atoms with Gasteiger partial charge in [0, 0.05) is 23.7 Å². The fourth-order valence-corrected chi connectivity index (χ4v) is 3.17. The van der Waals surface area contributed by atoms with Gasteiger partial charge >= 0.3 is 5.56 Å². The van der Waals surface area contributed by atoms with Gasteiger partial charge in [0.1, 0.15) is 5.82 Å². The van der Waals surface area contributed by atoms with Crippen LogP contribution in [0.2, 0.25) is 0 Å². The second-order valence-electron chi connectivity index (χ2n) is 6.46. The maximum Gasteiger partial charge on any atom is 0.313 e. The molecule has 27 heavy (non-hydrogen) atoms. The summed E-state index contributed by atoms with van der Waals surface area (Å²) in [5.74, 6) is 4.09. The van der Waals surface area contributed by atoms with Gasteiger partial charge in [-0.15, -0.1) is 0 Å². The number of nitrogens with zero attached hydrogens (tertiary/aromatic N) is 3. The second-order valence-corrected chi connectivity index (χ2v) is 6.46. The van der Waals surface area contributed by atoms with E-state index in [1.165, 1.54) is 12.3 Å². The highest BCUT2D eigenvalue weighted by atomic mass is 19.1. The van der Waals surface area contributed by atoms with E-state index in [1.807, 2.05) is 0 Å². The smallest absolute Gasteiger partial charge is 0.313 e.